The average Bonchev–Trinajstić information content (AvgIpc) is 2.69. The van der Waals surface area contributed by atoms with Crippen LogP contribution in [0.25, 0.3) is 0 Å². The van der Waals surface area contributed by atoms with E-state index in [2.05, 4.69) is 5.32 Å². The first-order valence-corrected chi connectivity index (χ1v) is 9.90. The predicted octanol–water partition coefficient (Wildman–Crippen LogP) is 4.79. The van der Waals surface area contributed by atoms with Gasteiger partial charge in [0.25, 0.3) is 5.76 Å². The number of amides is 1. The maximum absolute atomic E-state index is 12.6. The zero-order valence-electron chi connectivity index (χ0n) is 17.2. The Kier molecular flexibility index (Phi) is 8.28. The number of nitrogens with one attached hydrogen (secondary N) is 1. The predicted molar refractivity (Wildman–Crippen MR) is 112 cm³/mol. The zero-order chi connectivity index (χ0) is 21.6. The van der Waals surface area contributed by atoms with Crippen LogP contribution < -0.4 is 14.8 Å². The molecule has 1 atom stereocenters. The first-order chi connectivity index (χ1) is 13.7. The molecule has 0 saturated carbocycles. The lowest BCUT2D eigenvalue weighted by Gasteiger charge is -2.25. The summed E-state index contributed by atoms with van der Waals surface area (Å²) in [6.07, 6.45) is 0. The van der Waals surface area contributed by atoms with Crippen LogP contribution in [-0.2, 0) is 11.3 Å². The molecule has 0 aliphatic heterocycles. The van der Waals surface area contributed by atoms with Crippen molar-refractivity contribution in [3.8, 4) is 11.5 Å². The van der Waals surface area contributed by atoms with E-state index in [-0.39, 0.29) is 5.91 Å². The van der Waals surface area contributed by atoms with Crippen molar-refractivity contribution in [2.75, 3.05) is 26.6 Å². The fourth-order valence-electron chi connectivity index (χ4n) is 2.77. The monoisotopic (exact) mass is 424 g/mol. The van der Waals surface area contributed by atoms with Gasteiger partial charge in [-0.05, 0) is 68.4 Å². The number of carbonyl (C=O) groups excluding carboxylic acids is 1. The standard InChI is InChI=1S/C21H26F2N2O3S/c1-13-10-18(27-4)19(28-5)11-15(13)12-25(3)14(2)20(26)24-16-6-8-17(9-7-16)29-21(22)23/h6-11,14,21H,12H2,1-5H3,(H,24,26)/t14-/m0/s1. The second-order valence-electron chi connectivity index (χ2n) is 6.62. The number of methoxy groups -OCH3 is 2. The molecule has 0 bridgehead atoms. The average molecular weight is 425 g/mol. The number of alkyl halides is 2. The maximum atomic E-state index is 12.6. The highest BCUT2D eigenvalue weighted by atomic mass is 32.2. The Morgan fingerprint density at radius 2 is 1.72 bits per heavy atom. The Morgan fingerprint density at radius 1 is 1.14 bits per heavy atom. The van der Waals surface area contributed by atoms with E-state index in [0.29, 0.717) is 40.4 Å². The quantitative estimate of drug-likeness (QED) is 0.587. The smallest absolute Gasteiger partial charge is 0.288 e. The molecule has 8 heteroatoms. The third kappa shape index (κ3) is 6.33. The minimum Gasteiger partial charge on any atom is -0.493 e. The van der Waals surface area contributed by atoms with Gasteiger partial charge in [0.05, 0.1) is 20.3 Å². The third-order valence-corrected chi connectivity index (χ3v) is 5.37. The molecule has 0 saturated heterocycles. The van der Waals surface area contributed by atoms with Crippen molar-refractivity contribution in [1.29, 1.82) is 0 Å². The molecular formula is C21H26F2N2O3S. The van der Waals surface area contributed by atoms with Gasteiger partial charge < -0.3 is 14.8 Å². The van der Waals surface area contributed by atoms with Crippen LogP contribution in [0, 0.1) is 6.92 Å². The van der Waals surface area contributed by atoms with Crippen LogP contribution >= 0.6 is 11.8 Å². The number of nitrogens with zero attached hydrogens (tertiary/aromatic N) is 1. The number of rotatable bonds is 9. The summed E-state index contributed by atoms with van der Waals surface area (Å²) in [5, 5.41) is 2.82. The number of thioether (sulfide) groups is 1. The molecule has 0 spiro atoms. The highest BCUT2D eigenvalue weighted by Crippen LogP contribution is 2.31. The molecule has 5 nitrogen and oxygen atoms in total. The topological polar surface area (TPSA) is 50.8 Å². The number of hydrogen-bond acceptors (Lipinski definition) is 5. The summed E-state index contributed by atoms with van der Waals surface area (Å²) in [6, 6.07) is 9.78. The van der Waals surface area contributed by atoms with Crippen molar-refractivity contribution < 1.29 is 23.0 Å². The lowest BCUT2D eigenvalue weighted by Crippen LogP contribution is -2.39. The lowest BCUT2D eigenvalue weighted by molar-refractivity contribution is -0.120. The number of likely N-dealkylation sites (N-methyl/N-ethyl adjacent to an activating group) is 1. The van der Waals surface area contributed by atoms with Crippen molar-refractivity contribution in [3.05, 3.63) is 47.5 Å². The summed E-state index contributed by atoms with van der Waals surface area (Å²) in [5.41, 5.74) is 2.63. The summed E-state index contributed by atoms with van der Waals surface area (Å²) >= 11 is 0.472. The maximum Gasteiger partial charge on any atom is 0.288 e. The van der Waals surface area contributed by atoms with Crippen molar-refractivity contribution in [2.24, 2.45) is 0 Å². The number of benzene rings is 2. The molecule has 0 radical (unpaired) electrons. The van der Waals surface area contributed by atoms with E-state index in [1.54, 1.807) is 38.5 Å². The molecule has 0 aliphatic carbocycles. The Bertz CT molecular complexity index is 831. The van der Waals surface area contributed by atoms with Gasteiger partial charge in [0.15, 0.2) is 11.5 Å². The van der Waals surface area contributed by atoms with Gasteiger partial charge in [-0.15, -0.1) is 0 Å². The zero-order valence-corrected chi connectivity index (χ0v) is 18.0. The van der Waals surface area contributed by atoms with Crippen LogP contribution in [0.5, 0.6) is 11.5 Å². The number of aryl methyl sites for hydroxylation is 1. The van der Waals surface area contributed by atoms with Gasteiger partial charge >= 0.3 is 0 Å². The largest absolute Gasteiger partial charge is 0.493 e. The van der Waals surface area contributed by atoms with Gasteiger partial charge in [-0.2, -0.15) is 8.78 Å². The molecule has 2 aromatic carbocycles. The summed E-state index contributed by atoms with van der Waals surface area (Å²) < 4.78 is 35.5. The highest BCUT2D eigenvalue weighted by molar-refractivity contribution is 7.99. The Morgan fingerprint density at radius 3 is 2.28 bits per heavy atom. The van der Waals surface area contributed by atoms with Crippen molar-refractivity contribution in [2.45, 2.75) is 37.1 Å². The van der Waals surface area contributed by atoms with Crippen LogP contribution in [0.15, 0.2) is 41.3 Å². The van der Waals surface area contributed by atoms with Crippen LogP contribution in [0.4, 0.5) is 14.5 Å². The molecule has 0 aromatic heterocycles. The molecule has 0 fully saturated rings. The molecule has 158 valence electrons. The van der Waals surface area contributed by atoms with Crippen LogP contribution in [-0.4, -0.2) is 43.9 Å². The Labute approximate surface area is 174 Å². The van der Waals surface area contributed by atoms with Gasteiger partial charge in [0, 0.05) is 17.1 Å². The second-order valence-corrected chi connectivity index (χ2v) is 7.68. The summed E-state index contributed by atoms with van der Waals surface area (Å²) in [7, 11) is 5.04. The third-order valence-electron chi connectivity index (χ3n) is 4.65. The van der Waals surface area contributed by atoms with E-state index in [1.807, 2.05) is 37.9 Å². The van der Waals surface area contributed by atoms with Gasteiger partial charge in [-0.3, -0.25) is 9.69 Å². The molecule has 2 rings (SSSR count). The molecule has 0 unspecified atom stereocenters. The van der Waals surface area contributed by atoms with E-state index in [0.717, 1.165) is 11.1 Å². The summed E-state index contributed by atoms with van der Waals surface area (Å²) in [4.78, 5) is 15.0. The Balaban J connectivity index is 2.02. The Hall–Kier alpha value is -2.32. The van der Waals surface area contributed by atoms with E-state index in [4.69, 9.17) is 9.47 Å². The van der Waals surface area contributed by atoms with Crippen LogP contribution in [0.1, 0.15) is 18.1 Å². The molecule has 29 heavy (non-hydrogen) atoms. The number of halogens is 2. The lowest BCUT2D eigenvalue weighted by atomic mass is 10.1. The highest BCUT2D eigenvalue weighted by Gasteiger charge is 2.20. The van der Waals surface area contributed by atoms with E-state index in [1.165, 1.54) is 0 Å². The summed E-state index contributed by atoms with van der Waals surface area (Å²) in [6.45, 7) is 4.34. The number of hydrogen-bond donors (Lipinski definition) is 1. The number of ether oxygens (including phenoxy) is 2. The second kappa shape index (κ2) is 10.5. The van der Waals surface area contributed by atoms with Gasteiger partial charge in [-0.25, -0.2) is 0 Å². The fraction of sp³-hybridized carbons (Fsp3) is 0.381. The number of anilines is 1. The molecule has 0 aliphatic rings. The molecular weight excluding hydrogens is 398 g/mol. The first-order valence-electron chi connectivity index (χ1n) is 9.02. The summed E-state index contributed by atoms with van der Waals surface area (Å²) in [5.74, 6) is -1.35. The molecule has 2 aromatic rings. The van der Waals surface area contributed by atoms with E-state index in [9.17, 15) is 13.6 Å². The van der Waals surface area contributed by atoms with Crippen molar-refractivity contribution >= 4 is 23.4 Å². The van der Waals surface area contributed by atoms with Crippen molar-refractivity contribution in [1.82, 2.24) is 4.90 Å². The van der Waals surface area contributed by atoms with Crippen LogP contribution in [0.3, 0.4) is 0 Å². The molecule has 0 heterocycles. The van der Waals surface area contributed by atoms with Gasteiger partial charge in [-0.1, -0.05) is 11.8 Å². The molecule has 1 amide bonds. The first kappa shape index (κ1) is 23.0. The minimum atomic E-state index is -2.47. The van der Waals surface area contributed by atoms with Gasteiger partial charge in [0.1, 0.15) is 0 Å². The number of carbonyl (C=O) groups is 1. The van der Waals surface area contributed by atoms with E-state index >= 15 is 0 Å². The SMILES string of the molecule is COc1cc(C)c(CN(C)[C@@H](C)C(=O)Nc2ccc(SC(F)F)cc2)cc1OC. The van der Waals surface area contributed by atoms with Crippen molar-refractivity contribution in [3.63, 3.8) is 0 Å². The van der Waals surface area contributed by atoms with Crippen LogP contribution in [0.2, 0.25) is 0 Å². The minimum absolute atomic E-state index is 0.181. The van der Waals surface area contributed by atoms with Gasteiger partial charge in [0.2, 0.25) is 5.91 Å². The van der Waals surface area contributed by atoms with E-state index < -0.39 is 11.8 Å². The molecule has 1 N–H and O–H groups in total. The normalized spacial score (nSPS) is 12.2. The fourth-order valence-corrected chi connectivity index (χ4v) is 3.26.